The number of hydrogen-bond donors (Lipinski definition) is 3. The van der Waals surface area contributed by atoms with Crippen LogP contribution in [0, 0.1) is 6.92 Å². The van der Waals surface area contributed by atoms with Gasteiger partial charge >= 0.3 is 0 Å². The summed E-state index contributed by atoms with van der Waals surface area (Å²) in [5.74, 6) is -0.319. The predicted molar refractivity (Wildman–Crippen MR) is 88.3 cm³/mol. The molecule has 0 unspecified atom stereocenters. The summed E-state index contributed by atoms with van der Waals surface area (Å²) >= 11 is 0. The number of ether oxygens (including phenoxy) is 1. The maximum atomic E-state index is 12.2. The molecule has 7 heteroatoms. The highest BCUT2D eigenvalue weighted by Crippen LogP contribution is 2.25. The first-order chi connectivity index (χ1) is 10.0. The Hall–Kier alpha value is -1.63. The third kappa shape index (κ3) is 4.43. The first kappa shape index (κ1) is 18.4. The van der Waals surface area contributed by atoms with Crippen LogP contribution in [0.1, 0.15) is 25.3 Å². The average molecular weight is 328 g/mol. The monoisotopic (exact) mass is 327 g/mol. The van der Waals surface area contributed by atoms with Gasteiger partial charge in [-0.2, -0.15) is 0 Å². The molecule has 2 atom stereocenters. The fraction of sp³-hybridized carbons (Fsp3) is 0.467. The quantitative estimate of drug-likeness (QED) is 0.786. The van der Waals surface area contributed by atoms with Crippen molar-refractivity contribution in [1.82, 2.24) is 0 Å². The van der Waals surface area contributed by atoms with E-state index in [1.54, 1.807) is 18.2 Å². The van der Waals surface area contributed by atoms with Crippen LogP contribution in [0.4, 0.5) is 11.4 Å². The van der Waals surface area contributed by atoms with Gasteiger partial charge < -0.3 is 21.1 Å². The lowest BCUT2D eigenvalue weighted by Gasteiger charge is -2.16. The molecule has 2 rings (SSSR count). The summed E-state index contributed by atoms with van der Waals surface area (Å²) in [5, 5.41) is 5.59. The minimum absolute atomic E-state index is 0. The number of benzene rings is 1. The van der Waals surface area contributed by atoms with Crippen molar-refractivity contribution in [3.05, 3.63) is 23.8 Å². The summed E-state index contributed by atoms with van der Waals surface area (Å²) < 4.78 is 5.57. The standard InChI is InChI=1S/C15H21N3O3.ClH/c1-9-12(17-10(2)19)4-3-5-13(9)18-15(20)14-7-6-11(8-16)21-14;/h3-5,11,14H,6-8,16H2,1-2H3,(H,17,19)(H,18,20);1H/t11-,14+;/m1./s1. The molecular weight excluding hydrogens is 306 g/mol. The lowest BCUT2D eigenvalue weighted by molar-refractivity contribution is -0.126. The molecule has 1 aromatic carbocycles. The summed E-state index contributed by atoms with van der Waals surface area (Å²) in [4.78, 5) is 23.3. The predicted octanol–water partition coefficient (Wildman–Crippen LogP) is 1.82. The number of halogens is 1. The van der Waals surface area contributed by atoms with E-state index in [2.05, 4.69) is 10.6 Å². The molecule has 0 aliphatic carbocycles. The van der Waals surface area contributed by atoms with Gasteiger partial charge in [0.05, 0.1) is 6.10 Å². The molecule has 122 valence electrons. The van der Waals surface area contributed by atoms with Gasteiger partial charge in [-0.1, -0.05) is 6.07 Å². The van der Waals surface area contributed by atoms with Gasteiger partial charge in [0.1, 0.15) is 6.10 Å². The van der Waals surface area contributed by atoms with Crippen LogP contribution in [0.15, 0.2) is 18.2 Å². The molecule has 2 amide bonds. The van der Waals surface area contributed by atoms with Crippen LogP contribution in [0.2, 0.25) is 0 Å². The summed E-state index contributed by atoms with van der Waals surface area (Å²) in [7, 11) is 0. The van der Waals surface area contributed by atoms with E-state index >= 15 is 0 Å². The van der Waals surface area contributed by atoms with Crippen molar-refractivity contribution in [2.24, 2.45) is 5.73 Å². The van der Waals surface area contributed by atoms with Crippen molar-refractivity contribution >= 4 is 35.6 Å². The topological polar surface area (TPSA) is 93.5 Å². The molecule has 22 heavy (non-hydrogen) atoms. The molecule has 4 N–H and O–H groups in total. The van der Waals surface area contributed by atoms with Crippen LogP contribution in [-0.2, 0) is 14.3 Å². The van der Waals surface area contributed by atoms with Crippen molar-refractivity contribution in [2.45, 2.75) is 38.9 Å². The van der Waals surface area contributed by atoms with Crippen LogP contribution in [0.5, 0.6) is 0 Å². The zero-order valence-electron chi connectivity index (χ0n) is 12.7. The normalized spacial score (nSPS) is 20.1. The second kappa shape index (κ2) is 8.12. The van der Waals surface area contributed by atoms with E-state index in [0.717, 1.165) is 12.0 Å². The molecule has 1 aromatic rings. The zero-order chi connectivity index (χ0) is 15.4. The Morgan fingerprint density at radius 2 is 1.91 bits per heavy atom. The first-order valence-electron chi connectivity index (χ1n) is 7.05. The zero-order valence-corrected chi connectivity index (χ0v) is 13.5. The molecular formula is C15H22ClN3O3. The third-order valence-electron chi connectivity index (χ3n) is 3.57. The first-order valence-corrected chi connectivity index (χ1v) is 7.05. The molecule has 0 saturated carbocycles. The van der Waals surface area contributed by atoms with Gasteiger partial charge in [0.15, 0.2) is 0 Å². The number of rotatable bonds is 4. The lowest BCUT2D eigenvalue weighted by Crippen LogP contribution is -2.30. The van der Waals surface area contributed by atoms with Crippen molar-refractivity contribution in [3.8, 4) is 0 Å². The molecule has 1 aliphatic heterocycles. The van der Waals surface area contributed by atoms with Crippen molar-refractivity contribution < 1.29 is 14.3 Å². The molecule has 0 bridgehead atoms. The second-order valence-corrected chi connectivity index (χ2v) is 5.21. The highest BCUT2D eigenvalue weighted by Gasteiger charge is 2.30. The van der Waals surface area contributed by atoms with E-state index < -0.39 is 6.10 Å². The van der Waals surface area contributed by atoms with Gasteiger partial charge in [0.25, 0.3) is 5.91 Å². The summed E-state index contributed by atoms with van der Waals surface area (Å²) in [6.45, 7) is 3.73. The number of carbonyl (C=O) groups is 2. The summed E-state index contributed by atoms with van der Waals surface area (Å²) in [6.07, 6.45) is 0.993. The molecule has 1 saturated heterocycles. The third-order valence-corrected chi connectivity index (χ3v) is 3.57. The van der Waals surface area contributed by atoms with Crippen molar-refractivity contribution in [1.29, 1.82) is 0 Å². The maximum absolute atomic E-state index is 12.2. The average Bonchev–Trinajstić information content (AvgIpc) is 2.91. The Labute approximate surface area is 136 Å². The van der Waals surface area contributed by atoms with E-state index in [-0.39, 0.29) is 30.3 Å². The molecule has 6 nitrogen and oxygen atoms in total. The molecule has 0 radical (unpaired) electrons. The van der Waals surface area contributed by atoms with Crippen LogP contribution < -0.4 is 16.4 Å². The highest BCUT2D eigenvalue weighted by molar-refractivity contribution is 5.97. The van der Waals surface area contributed by atoms with Crippen LogP contribution >= 0.6 is 12.4 Å². The fourth-order valence-corrected chi connectivity index (χ4v) is 2.38. The number of anilines is 2. The lowest BCUT2D eigenvalue weighted by atomic mass is 10.1. The van der Waals surface area contributed by atoms with Gasteiger partial charge in [-0.25, -0.2) is 0 Å². The number of nitrogens with one attached hydrogen (secondary N) is 2. The Morgan fingerprint density at radius 1 is 1.27 bits per heavy atom. The Morgan fingerprint density at radius 3 is 2.45 bits per heavy atom. The molecule has 1 heterocycles. The molecule has 1 aliphatic rings. The van der Waals surface area contributed by atoms with Gasteiger partial charge in [0.2, 0.25) is 5.91 Å². The van der Waals surface area contributed by atoms with E-state index in [9.17, 15) is 9.59 Å². The Balaban J connectivity index is 0.00000242. The van der Waals surface area contributed by atoms with Gasteiger partial charge in [-0.3, -0.25) is 9.59 Å². The summed E-state index contributed by atoms with van der Waals surface area (Å²) in [6, 6.07) is 5.38. The van der Waals surface area contributed by atoms with E-state index in [4.69, 9.17) is 10.5 Å². The highest BCUT2D eigenvalue weighted by atomic mass is 35.5. The minimum atomic E-state index is -0.456. The van der Waals surface area contributed by atoms with Crippen LogP contribution in [0.3, 0.4) is 0 Å². The van der Waals surface area contributed by atoms with Gasteiger partial charge in [0, 0.05) is 24.8 Å². The van der Waals surface area contributed by atoms with E-state index in [1.165, 1.54) is 6.92 Å². The molecule has 0 aromatic heterocycles. The Kier molecular flexibility index (Phi) is 6.80. The molecule has 0 spiro atoms. The van der Waals surface area contributed by atoms with Gasteiger partial charge in [-0.05, 0) is 37.5 Å². The largest absolute Gasteiger partial charge is 0.364 e. The van der Waals surface area contributed by atoms with Crippen molar-refractivity contribution in [3.63, 3.8) is 0 Å². The number of carbonyl (C=O) groups excluding carboxylic acids is 2. The second-order valence-electron chi connectivity index (χ2n) is 5.21. The number of hydrogen-bond acceptors (Lipinski definition) is 4. The number of amides is 2. The smallest absolute Gasteiger partial charge is 0.253 e. The van der Waals surface area contributed by atoms with Crippen LogP contribution in [0.25, 0.3) is 0 Å². The molecule has 1 fully saturated rings. The van der Waals surface area contributed by atoms with Gasteiger partial charge in [-0.15, -0.1) is 12.4 Å². The van der Waals surface area contributed by atoms with E-state index in [1.807, 2.05) is 6.92 Å². The Bertz CT molecular complexity index is 551. The number of nitrogens with two attached hydrogens (primary N) is 1. The van der Waals surface area contributed by atoms with Crippen LogP contribution in [-0.4, -0.2) is 30.6 Å². The fourth-order valence-electron chi connectivity index (χ4n) is 2.38. The van der Waals surface area contributed by atoms with Crippen molar-refractivity contribution in [2.75, 3.05) is 17.2 Å². The SMILES string of the molecule is CC(=O)Nc1cccc(NC(=O)[C@@H]2CC[C@H](CN)O2)c1C.Cl. The maximum Gasteiger partial charge on any atom is 0.253 e. The minimum Gasteiger partial charge on any atom is -0.364 e. The van der Waals surface area contributed by atoms with E-state index in [0.29, 0.717) is 24.3 Å². The summed E-state index contributed by atoms with van der Waals surface area (Å²) in [5.41, 5.74) is 7.72.